The Morgan fingerprint density at radius 2 is 2.04 bits per heavy atom. The molecule has 0 unspecified atom stereocenters. The highest BCUT2D eigenvalue weighted by Gasteiger charge is 2.05. The topological polar surface area (TPSA) is 43.1 Å². The second kappa shape index (κ2) is 7.39. The van der Waals surface area contributed by atoms with E-state index in [1.165, 1.54) is 52.7 Å². The van der Waals surface area contributed by atoms with Crippen molar-refractivity contribution < 1.29 is 4.39 Å². The third-order valence-corrected chi connectivity index (χ3v) is 4.23. The highest BCUT2D eigenvalue weighted by Crippen LogP contribution is 2.20. The van der Waals surface area contributed by atoms with E-state index in [9.17, 15) is 4.39 Å². The van der Waals surface area contributed by atoms with Gasteiger partial charge in [-0.1, -0.05) is 53.7 Å². The Balaban J connectivity index is 1.73. The zero-order valence-corrected chi connectivity index (χ0v) is 13.5. The van der Waals surface area contributed by atoms with Crippen LogP contribution >= 0.6 is 23.4 Å². The summed E-state index contributed by atoms with van der Waals surface area (Å²) < 4.78 is 15.2. The van der Waals surface area contributed by atoms with Crippen LogP contribution in [-0.4, -0.2) is 21.1 Å². The first kappa shape index (κ1) is 15.7. The zero-order valence-electron chi connectivity index (χ0n) is 11.9. The lowest BCUT2D eigenvalue weighted by molar-refractivity contribution is 0.625. The van der Waals surface area contributed by atoms with Crippen LogP contribution in [0.3, 0.4) is 0 Å². The van der Waals surface area contributed by atoms with Crippen LogP contribution in [0.5, 0.6) is 0 Å². The van der Waals surface area contributed by atoms with E-state index in [2.05, 4.69) is 15.3 Å². The number of benzene rings is 2. The molecule has 3 aromatic rings. The molecule has 3 rings (SSSR count). The monoisotopic (exact) mass is 346 g/mol. The lowest BCUT2D eigenvalue weighted by atomic mass is 10.2. The van der Waals surface area contributed by atoms with Crippen LogP contribution < -0.4 is 0 Å². The first-order chi connectivity index (χ1) is 11.2. The summed E-state index contributed by atoms with van der Waals surface area (Å²) >= 11 is 7.37. The lowest BCUT2D eigenvalue weighted by Crippen LogP contribution is -1.94. The van der Waals surface area contributed by atoms with Gasteiger partial charge in [0.2, 0.25) is 5.16 Å². The molecule has 2 aromatic carbocycles. The van der Waals surface area contributed by atoms with Crippen LogP contribution in [0.4, 0.5) is 4.39 Å². The lowest BCUT2D eigenvalue weighted by Gasteiger charge is -2.01. The Morgan fingerprint density at radius 3 is 2.87 bits per heavy atom. The first-order valence-electron chi connectivity index (χ1n) is 6.78. The number of halogens is 2. The van der Waals surface area contributed by atoms with Crippen molar-refractivity contribution in [3.05, 3.63) is 76.8 Å². The molecule has 0 amide bonds. The third kappa shape index (κ3) is 4.18. The summed E-state index contributed by atoms with van der Waals surface area (Å²) in [5.41, 5.74) is 1.49. The summed E-state index contributed by atoms with van der Waals surface area (Å²) in [7, 11) is 0. The maximum atomic E-state index is 13.7. The van der Waals surface area contributed by atoms with Gasteiger partial charge in [-0.05, 0) is 23.8 Å². The fraction of sp³-hybridized carbons (Fsp3) is 0.0625. The summed E-state index contributed by atoms with van der Waals surface area (Å²) in [5, 5.41) is 13.2. The van der Waals surface area contributed by atoms with Crippen molar-refractivity contribution in [3.8, 4) is 0 Å². The average Bonchev–Trinajstić information content (AvgIpc) is 3.02. The average molecular weight is 347 g/mol. The van der Waals surface area contributed by atoms with Crippen LogP contribution in [0.2, 0.25) is 5.02 Å². The molecule has 1 heterocycles. The molecule has 0 atom stereocenters. The summed E-state index contributed by atoms with van der Waals surface area (Å²) in [4.78, 5) is 0. The van der Waals surface area contributed by atoms with Crippen molar-refractivity contribution in [3.63, 3.8) is 0 Å². The van der Waals surface area contributed by atoms with E-state index >= 15 is 0 Å². The molecule has 0 saturated carbocycles. The van der Waals surface area contributed by atoms with Gasteiger partial charge < -0.3 is 0 Å². The molecule has 0 aliphatic carbocycles. The Hall–Kier alpha value is -2.18. The zero-order chi connectivity index (χ0) is 16.1. The normalized spacial score (nSPS) is 11.2. The third-order valence-electron chi connectivity index (χ3n) is 2.99. The van der Waals surface area contributed by atoms with Gasteiger partial charge in [0.05, 0.1) is 6.21 Å². The fourth-order valence-corrected chi connectivity index (χ4v) is 2.85. The summed E-state index contributed by atoms with van der Waals surface area (Å²) in [6, 6.07) is 14.3. The molecule has 7 heteroatoms. The van der Waals surface area contributed by atoms with Crippen molar-refractivity contribution in [2.75, 3.05) is 0 Å². The van der Waals surface area contributed by atoms with Gasteiger partial charge in [0.15, 0.2) is 0 Å². The minimum absolute atomic E-state index is 0.310. The van der Waals surface area contributed by atoms with E-state index in [1.807, 2.05) is 30.3 Å². The number of hydrogen-bond donors (Lipinski definition) is 0. The van der Waals surface area contributed by atoms with E-state index in [-0.39, 0.29) is 5.82 Å². The largest absolute Gasteiger partial charge is 0.212 e. The predicted octanol–water partition coefficient (Wildman–Crippen LogP) is 4.25. The van der Waals surface area contributed by atoms with Crippen LogP contribution in [0.15, 0.2) is 65.1 Å². The summed E-state index contributed by atoms with van der Waals surface area (Å²) in [6.07, 6.45) is 2.88. The molecule has 0 spiro atoms. The molecule has 0 radical (unpaired) electrons. The van der Waals surface area contributed by atoms with Crippen LogP contribution in [0.25, 0.3) is 0 Å². The van der Waals surface area contributed by atoms with E-state index in [4.69, 9.17) is 11.6 Å². The number of hydrogen-bond acceptors (Lipinski definition) is 4. The summed E-state index contributed by atoms with van der Waals surface area (Å²) in [5.74, 6) is 0.366. The smallest absolute Gasteiger partial charge is 0.206 e. The van der Waals surface area contributed by atoms with Gasteiger partial charge in [-0.15, -0.1) is 10.2 Å². The van der Waals surface area contributed by atoms with Gasteiger partial charge in [0.25, 0.3) is 0 Å². The van der Waals surface area contributed by atoms with Crippen molar-refractivity contribution in [1.29, 1.82) is 0 Å². The quantitative estimate of drug-likeness (QED) is 0.512. The predicted molar refractivity (Wildman–Crippen MR) is 90.4 cm³/mol. The Bertz CT molecular complexity index is 820. The number of aromatic nitrogens is 3. The number of rotatable bonds is 5. The van der Waals surface area contributed by atoms with Crippen molar-refractivity contribution in [2.24, 2.45) is 5.10 Å². The van der Waals surface area contributed by atoms with Gasteiger partial charge in [-0.2, -0.15) is 9.78 Å². The van der Waals surface area contributed by atoms with E-state index in [0.29, 0.717) is 15.7 Å². The second-order valence-electron chi connectivity index (χ2n) is 4.64. The van der Waals surface area contributed by atoms with Gasteiger partial charge in [0, 0.05) is 16.3 Å². The van der Waals surface area contributed by atoms with Crippen LogP contribution in [0.1, 0.15) is 11.1 Å². The van der Waals surface area contributed by atoms with E-state index < -0.39 is 0 Å². The maximum absolute atomic E-state index is 13.7. The molecule has 0 bridgehead atoms. The van der Waals surface area contributed by atoms with E-state index in [1.54, 1.807) is 0 Å². The number of nitrogens with zero attached hydrogens (tertiary/aromatic N) is 4. The molecule has 23 heavy (non-hydrogen) atoms. The second-order valence-corrected chi connectivity index (χ2v) is 6.02. The minimum atomic E-state index is -0.385. The first-order valence-corrected chi connectivity index (χ1v) is 8.15. The fourth-order valence-electron chi connectivity index (χ4n) is 1.85. The highest BCUT2D eigenvalue weighted by atomic mass is 35.5. The Kier molecular flexibility index (Phi) is 5.05. The summed E-state index contributed by atoms with van der Waals surface area (Å²) in [6.45, 7) is 0. The van der Waals surface area contributed by atoms with E-state index in [0.717, 1.165) is 5.75 Å². The van der Waals surface area contributed by atoms with Crippen molar-refractivity contribution in [1.82, 2.24) is 14.9 Å². The molecule has 0 fully saturated rings. The Morgan fingerprint density at radius 1 is 1.22 bits per heavy atom. The van der Waals surface area contributed by atoms with Gasteiger partial charge in [-0.25, -0.2) is 4.39 Å². The minimum Gasteiger partial charge on any atom is -0.206 e. The SMILES string of the molecule is Fc1ccc(Cl)cc1C=Nn1cnnc1SCc1ccccc1. The van der Waals surface area contributed by atoms with Gasteiger partial charge in [0.1, 0.15) is 12.1 Å². The molecule has 1 aromatic heterocycles. The maximum Gasteiger partial charge on any atom is 0.212 e. The Labute approximate surface area is 142 Å². The van der Waals surface area contributed by atoms with Crippen LogP contribution in [-0.2, 0) is 5.75 Å². The molecule has 0 aliphatic rings. The van der Waals surface area contributed by atoms with Crippen molar-refractivity contribution in [2.45, 2.75) is 10.9 Å². The van der Waals surface area contributed by atoms with Gasteiger partial charge in [-0.3, -0.25) is 0 Å². The van der Waals surface area contributed by atoms with Gasteiger partial charge >= 0.3 is 0 Å². The molecular formula is C16H12ClFN4S. The molecule has 0 aliphatic heterocycles. The highest BCUT2D eigenvalue weighted by molar-refractivity contribution is 7.98. The standard InChI is InChI=1S/C16H12ClFN4S/c17-14-6-7-15(18)13(8-14)9-20-22-11-19-21-16(22)23-10-12-4-2-1-3-5-12/h1-9,11H,10H2. The molecule has 0 N–H and O–H groups in total. The molecule has 0 saturated heterocycles. The number of thioether (sulfide) groups is 1. The van der Waals surface area contributed by atoms with Crippen LogP contribution in [0, 0.1) is 5.82 Å². The molecular weight excluding hydrogens is 335 g/mol. The molecule has 4 nitrogen and oxygen atoms in total. The molecule has 116 valence electrons. The van der Waals surface area contributed by atoms with Crippen molar-refractivity contribution >= 4 is 29.6 Å².